The number of rotatable bonds is 1. The third-order valence-corrected chi connectivity index (χ3v) is 3.29. The Morgan fingerprint density at radius 3 is 2.19 bits per heavy atom. The molecular formula is C9H5Cl5O2. The maximum atomic E-state index is 11.3. The molecule has 0 aliphatic carbocycles. The zero-order valence-corrected chi connectivity index (χ0v) is 11.6. The van der Waals surface area contributed by atoms with Crippen molar-refractivity contribution in [3.8, 4) is 0 Å². The zero-order chi connectivity index (χ0) is 12.5. The fraction of sp³-hybridized carbons (Fsp3) is 0.222. The monoisotopic (exact) mass is 320 g/mol. The summed E-state index contributed by atoms with van der Waals surface area (Å²) in [5, 5.41) is 0.0157. The van der Waals surface area contributed by atoms with Gasteiger partial charge in [-0.3, -0.25) is 0 Å². The average Bonchev–Trinajstić information content (AvgIpc) is 2.19. The van der Waals surface area contributed by atoms with Crippen LogP contribution >= 0.6 is 58.0 Å². The van der Waals surface area contributed by atoms with Crippen LogP contribution in [0, 0.1) is 0 Å². The number of alkyl halides is 3. The van der Waals surface area contributed by atoms with Gasteiger partial charge in [0.25, 0.3) is 0 Å². The summed E-state index contributed by atoms with van der Waals surface area (Å²) in [7, 11) is 1.23. The number of hydrogen-bond donors (Lipinski definition) is 0. The number of halogens is 5. The van der Waals surface area contributed by atoms with Gasteiger partial charge in [-0.2, -0.15) is 0 Å². The van der Waals surface area contributed by atoms with E-state index in [0.717, 1.165) is 0 Å². The molecule has 0 unspecified atom stereocenters. The van der Waals surface area contributed by atoms with Gasteiger partial charge in [0.2, 0.25) is 3.79 Å². The van der Waals surface area contributed by atoms with Gasteiger partial charge in [0, 0.05) is 5.56 Å². The van der Waals surface area contributed by atoms with Crippen molar-refractivity contribution in [2.24, 2.45) is 0 Å². The van der Waals surface area contributed by atoms with Crippen LogP contribution in [0.3, 0.4) is 0 Å². The Bertz CT molecular complexity index is 425. The van der Waals surface area contributed by atoms with Crippen molar-refractivity contribution in [2.45, 2.75) is 3.79 Å². The van der Waals surface area contributed by atoms with Crippen LogP contribution in [0.2, 0.25) is 10.0 Å². The Balaban J connectivity index is 3.35. The van der Waals surface area contributed by atoms with E-state index in [2.05, 4.69) is 4.74 Å². The molecule has 16 heavy (non-hydrogen) atoms. The fourth-order valence-corrected chi connectivity index (χ4v) is 2.20. The minimum atomic E-state index is -1.70. The van der Waals surface area contributed by atoms with Crippen molar-refractivity contribution >= 4 is 64.0 Å². The van der Waals surface area contributed by atoms with E-state index >= 15 is 0 Å². The van der Waals surface area contributed by atoms with Gasteiger partial charge in [-0.25, -0.2) is 4.79 Å². The second-order valence-electron chi connectivity index (χ2n) is 2.78. The second kappa shape index (κ2) is 5.19. The predicted molar refractivity (Wildman–Crippen MR) is 67.0 cm³/mol. The molecule has 0 N–H and O–H groups in total. The molecule has 0 atom stereocenters. The Morgan fingerprint density at radius 2 is 1.75 bits per heavy atom. The molecule has 0 aromatic heterocycles. The van der Waals surface area contributed by atoms with Gasteiger partial charge >= 0.3 is 5.97 Å². The molecular weight excluding hydrogens is 317 g/mol. The number of carbonyl (C=O) groups excluding carboxylic acids is 1. The summed E-state index contributed by atoms with van der Waals surface area (Å²) in [6.07, 6.45) is 0. The molecule has 0 fully saturated rings. The number of ether oxygens (including phenoxy) is 1. The highest BCUT2D eigenvalue weighted by Crippen LogP contribution is 2.44. The lowest BCUT2D eigenvalue weighted by Gasteiger charge is -2.15. The van der Waals surface area contributed by atoms with Crippen LogP contribution in [-0.2, 0) is 8.53 Å². The normalized spacial score (nSPS) is 11.4. The van der Waals surface area contributed by atoms with Crippen LogP contribution < -0.4 is 0 Å². The molecule has 7 heteroatoms. The molecule has 0 saturated carbocycles. The van der Waals surface area contributed by atoms with Crippen LogP contribution in [0.4, 0.5) is 0 Å². The predicted octanol–water partition coefficient (Wildman–Crippen LogP) is 4.61. The Morgan fingerprint density at radius 1 is 1.19 bits per heavy atom. The number of benzene rings is 1. The van der Waals surface area contributed by atoms with Crippen molar-refractivity contribution in [2.75, 3.05) is 7.11 Å². The molecule has 2 nitrogen and oxygen atoms in total. The van der Waals surface area contributed by atoms with E-state index < -0.39 is 9.76 Å². The first kappa shape index (κ1) is 14.2. The van der Waals surface area contributed by atoms with Gasteiger partial charge in [0.05, 0.1) is 22.7 Å². The lowest BCUT2D eigenvalue weighted by molar-refractivity contribution is 0.0601. The van der Waals surface area contributed by atoms with E-state index in [4.69, 9.17) is 58.0 Å². The number of carbonyl (C=O) groups is 1. The van der Waals surface area contributed by atoms with Crippen LogP contribution in [0.5, 0.6) is 0 Å². The van der Waals surface area contributed by atoms with Gasteiger partial charge in [-0.15, -0.1) is 0 Å². The van der Waals surface area contributed by atoms with Crippen molar-refractivity contribution in [3.63, 3.8) is 0 Å². The highest BCUT2D eigenvalue weighted by molar-refractivity contribution is 6.67. The van der Waals surface area contributed by atoms with Crippen LogP contribution in [0.15, 0.2) is 12.1 Å². The van der Waals surface area contributed by atoms with E-state index in [9.17, 15) is 4.79 Å². The van der Waals surface area contributed by atoms with Crippen LogP contribution in [0.1, 0.15) is 15.9 Å². The summed E-state index contributed by atoms with van der Waals surface area (Å²) < 4.78 is 2.82. The Kier molecular flexibility index (Phi) is 4.61. The number of hydrogen-bond acceptors (Lipinski definition) is 2. The lowest BCUT2D eigenvalue weighted by atomic mass is 10.1. The quantitative estimate of drug-likeness (QED) is 0.557. The third kappa shape index (κ3) is 2.88. The molecule has 1 rings (SSSR count). The topological polar surface area (TPSA) is 26.3 Å². The molecule has 0 aliphatic rings. The first-order chi connectivity index (χ1) is 7.29. The molecule has 1 aromatic carbocycles. The smallest absolute Gasteiger partial charge is 0.339 e. The first-order valence-corrected chi connectivity index (χ1v) is 5.81. The van der Waals surface area contributed by atoms with E-state index in [-0.39, 0.29) is 21.2 Å². The molecule has 0 spiro atoms. The summed E-state index contributed by atoms with van der Waals surface area (Å²) in [6, 6.07) is 2.80. The van der Waals surface area contributed by atoms with Gasteiger partial charge in [0.15, 0.2) is 0 Å². The first-order valence-electron chi connectivity index (χ1n) is 3.92. The zero-order valence-electron chi connectivity index (χ0n) is 7.86. The SMILES string of the molecule is COC(=O)c1ccc(C(Cl)(Cl)Cl)c(Cl)c1Cl. The summed E-state index contributed by atoms with van der Waals surface area (Å²) >= 11 is 28.8. The highest BCUT2D eigenvalue weighted by Gasteiger charge is 2.28. The summed E-state index contributed by atoms with van der Waals surface area (Å²) in [5.74, 6) is -0.609. The molecule has 0 amide bonds. The Hall–Kier alpha value is 0.140. The van der Waals surface area contributed by atoms with E-state index in [1.54, 1.807) is 0 Å². The molecule has 0 radical (unpaired) electrons. The van der Waals surface area contributed by atoms with E-state index in [0.29, 0.717) is 0 Å². The number of methoxy groups -OCH3 is 1. The summed E-state index contributed by atoms with van der Waals surface area (Å²) in [6.45, 7) is 0. The van der Waals surface area contributed by atoms with Crippen molar-refractivity contribution < 1.29 is 9.53 Å². The molecule has 0 bridgehead atoms. The fourth-order valence-electron chi connectivity index (χ4n) is 1.04. The van der Waals surface area contributed by atoms with Gasteiger partial charge in [0.1, 0.15) is 0 Å². The van der Waals surface area contributed by atoms with Crippen molar-refractivity contribution in [1.29, 1.82) is 0 Å². The lowest BCUT2D eigenvalue weighted by Crippen LogP contribution is -2.06. The highest BCUT2D eigenvalue weighted by atomic mass is 35.6. The molecule has 88 valence electrons. The maximum absolute atomic E-state index is 11.3. The largest absolute Gasteiger partial charge is 0.465 e. The van der Waals surface area contributed by atoms with Gasteiger partial charge in [-0.1, -0.05) is 64.1 Å². The summed E-state index contributed by atoms with van der Waals surface area (Å²) in [5.41, 5.74) is 0.323. The minimum absolute atomic E-state index is 0.00246. The molecule has 1 aromatic rings. The molecule has 0 heterocycles. The van der Waals surface area contributed by atoms with Crippen LogP contribution in [-0.4, -0.2) is 13.1 Å². The van der Waals surface area contributed by atoms with E-state index in [1.807, 2.05) is 0 Å². The summed E-state index contributed by atoms with van der Waals surface area (Å²) in [4.78, 5) is 11.3. The van der Waals surface area contributed by atoms with Crippen molar-refractivity contribution in [1.82, 2.24) is 0 Å². The third-order valence-electron chi connectivity index (χ3n) is 1.79. The average molecular weight is 322 g/mol. The maximum Gasteiger partial charge on any atom is 0.339 e. The standard InChI is InChI=1S/C9H5Cl5O2/c1-16-8(15)4-2-3-5(9(12,13)14)7(11)6(4)10/h2-3H,1H3. The van der Waals surface area contributed by atoms with Crippen molar-refractivity contribution in [3.05, 3.63) is 33.3 Å². The molecule has 0 aliphatic heterocycles. The Labute approximate surface area is 117 Å². The number of esters is 1. The van der Waals surface area contributed by atoms with E-state index in [1.165, 1.54) is 19.2 Å². The minimum Gasteiger partial charge on any atom is -0.465 e. The van der Waals surface area contributed by atoms with Gasteiger partial charge in [-0.05, 0) is 6.07 Å². The molecule has 0 saturated heterocycles. The van der Waals surface area contributed by atoms with Gasteiger partial charge < -0.3 is 4.74 Å². The van der Waals surface area contributed by atoms with Crippen LogP contribution in [0.25, 0.3) is 0 Å². The second-order valence-corrected chi connectivity index (χ2v) is 5.82.